The van der Waals surface area contributed by atoms with Crippen LogP contribution in [-0.4, -0.2) is 39.6 Å². The molecule has 0 aliphatic carbocycles. The van der Waals surface area contributed by atoms with Crippen molar-refractivity contribution in [1.29, 1.82) is 0 Å². The van der Waals surface area contributed by atoms with Gasteiger partial charge in [0.2, 0.25) is 0 Å². The third-order valence-electron chi connectivity index (χ3n) is 5.63. The molecule has 4 rings (SSSR count). The minimum absolute atomic E-state index is 0.0482. The van der Waals surface area contributed by atoms with Gasteiger partial charge in [-0.15, -0.1) is 0 Å². The number of rotatable bonds is 7. The number of halogens is 2. The van der Waals surface area contributed by atoms with Crippen LogP contribution in [0.15, 0.2) is 60.0 Å². The summed E-state index contributed by atoms with van der Waals surface area (Å²) in [5.41, 5.74) is 3.61. The van der Waals surface area contributed by atoms with Crippen LogP contribution in [0.4, 0.5) is 19.3 Å². The Hall–Kier alpha value is -4.96. The number of sulfonamides is 1. The van der Waals surface area contributed by atoms with E-state index in [2.05, 4.69) is 41.8 Å². The summed E-state index contributed by atoms with van der Waals surface area (Å²) < 4.78 is 55.2. The zero-order valence-corrected chi connectivity index (χ0v) is 22.1. The second-order valence-corrected chi connectivity index (χ2v) is 10.0. The summed E-state index contributed by atoms with van der Waals surface area (Å²) in [6.07, 6.45) is 3.82. The topological polar surface area (TPSA) is 147 Å². The van der Waals surface area contributed by atoms with Gasteiger partial charge < -0.3 is 10.4 Å². The number of hydrogen-bond donors (Lipinski definition) is 3. The molecule has 0 radical (unpaired) electrons. The molecule has 0 aliphatic rings. The number of nitrogens with one attached hydrogen (secondary N) is 2. The maximum Gasteiger partial charge on any atom is 0.404 e. The predicted octanol–water partition coefficient (Wildman–Crippen LogP) is 4.05. The van der Waals surface area contributed by atoms with Gasteiger partial charge in [-0.25, -0.2) is 32.0 Å². The van der Waals surface area contributed by atoms with Gasteiger partial charge in [0.25, 0.3) is 10.0 Å². The Balaban J connectivity index is 1.67. The van der Waals surface area contributed by atoms with E-state index in [9.17, 15) is 22.0 Å². The van der Waals surface area contributed by atoms with Crippen molar-refractivity contribution >= 4 is 21.8 Å². The molecule has 3 N–H and O–H groups in total. The van der Waals surface area contributed by atoms with Crippen molar-refractivity contribution in [3.05, 3.63) is 95.0 Å². The second-order valence-electron chi connectivity index (χ2n) is 8.38. The van der Waals surface area contributed by atoms with Crippen LogP contribution in [0.1, 0.15) is 35.1 Å². The SMILES string of the molecule is CCc1ncnc(-c2ccc(CNC(=O)O)nc2)c1C#Cc1cnc(C)c(NS(=O)(=O)c2ccc(F)cc2F)c1. The van der Waals surface area contributed by atoms with Crippen LogP contribution >= 0.6 is 0 Å². The van der Waals surface area contributed by atoms with Crippen LogP contribution in [0.5, 0.6) is 0 Å². The van der Waals surface area contributed by atoms with Crippen LogP contribution in [0.3, 0.4) is 0 Å². The molecule has 40 heavy (non-hydrogen) atoms. The number of pyridine rings is 2. The van der Waals surface area contributed by atoms with Crippen molar-refractivity contribution in [2.24, 2.45) is 0 Å². The lowest BCUT2D eigenvalue weighted by atomic mass is 10.0. The molecule has 0 bridgehead atoms. The van der Waals surface area contributed by atoms with Gasteiger partial charge in [0.1, 0.15) is 22.9 Å². The maximum atomic E-state index is 14.1. The Morgan fingerprint density at radius 3 is 2.50 bits per heavy atom. The molecular weight excluding hydrogens is 542 g/mol. The van der Waals surface area contributed by atoms with Crippen molar-refractivity contribution in [1.82, 2.24) is 25.3 Å². The number of nitrogens with zero attached hydrogens (tertiary/aromatic N) is 4. The lowest BCUT2D eigenvalue weighted by molar-refractivity contribution is 0.194. The molecular formula is C27H22F2N6O4S. The fourth-order valence-electron chi connectivity index (χ4n) is 3.61. The standard InChI is InChI=1S/C27H22F2N6O4S/c1-3-23-21(26(34-15-33-23)18-5-7-20(31-13-18)14-32-27(36)37)8-4-17-10-24(16(2)30-12-17)35-40(38,39)25-9-6-19(28)11-22(25)29/h5-7,9-13,15,32,35H,3,14H2,1-2H3,(H,36,37). The first-order chi connectivity index (χ1) is 19.1. The minimum atomic E-state index is -4.38. The summed E-state index contributed by atoms with van der Waals surface area (Å²) >= 11 is 0. The average molecular weight is 565 g/mol. The molecule has 1 aromatic carbocycles. The number of aromatic nitrogens is 4. The predicted molar refractivity (Wildman–Crippen MR) is 142 cm³/mol. The number of aryl methyl sites for hydroxylation is 2. The van der Waals surface area contributed by atoms with Gasteiger partial charge in [-0.2, -0.15) is 0 Å². The maximum absolute atomic E-state index is 14.1. The summed E-state index contributed by atoms with van der Waals surface area (Å²) in [5, 5.41) is 11.0. The first-order valence-corrected chi connectivity index (χ1v) is 13.3. The highest BCUT2D eigenvalue weighted by molar-refractivity contribution is 7.92. The van der Waals surface area contributed by atoms with Gasteiger partial charge in [-0.1, -0.05) is 18.8 Å². The molecule has 10 nitrogen and oxygen atoms in total. The van der Waals surface area contributed by atoms with E-state index in [1.54, 1.807) is 25.3 Å². The van der Waals surface area contributed by atoms with Gasteiger partial charge in [0.05, 0.1) is 40.6 Å². The number of carboxylic acid groups (broad SMARTS) is 1. The molecule has 0 atom stereocenters. The molecule has 0 saturated heterocycles. The summed E-state index contributed by atoms with van der Waals surface area (Å²) in [6, 6.07) is 7.05. The third kappa shape index (κ3) is 6.54. The molecule has 13 heteroatoms. The number of carbonyl (C=O) groups is 1. The Morgan fingerprint density at radius 1 is 1.02 bits per heavy atom. The largest absolute Gasteiger partial charge is 0.465 e. The fourth-order valence-corrected chi connectivity index (χ4v) is 4.78. The summed E-state index contributed by atoms with van der Waals surface area (Å²) in [4.78, 5) is 27.2. The van der Waals surface area contributed by atoms with Crippen LogP contribution in [-0.2, 0) is 23.0 Å². The quantitative estimate of drug-likeness (QED) is 0.285. The smallest absolute Gasteiger partial charge is 0.404 e. The zero-order chi connectivity index (χ0) is 28.9. The molecule has 4 aromatic rings. The van der Waals surface area contributed by atoms with Crippen molar-refractivity contribution in [2.45, 2.75) is 31.7 Å². The lowest BCUT2D eigenvalue weighted by Crippen LogP contribution is -2.20. The summed E-state index contributed by atoms with van der Waals surface area (Å²) in [7, 11) is -4.38. The van der Waals surface area contributed by atoms with E-state index >= 15 is 0 Å². The van der Waals surface area contributed by atoms with E-state index in [1.165, 1.54) is 18.6 Å². The highest BCUT2D eigenvalue weighted by atomic mass is 32.2. The fraction of sp³-hybridized carbons (Fsp3) is 0.148. The van der Waals surface area contributed by atoms with E-state index in [0.29, 0.717) is 52.0 Å². The van der Waals surface area contributed by atoms with Crippen molar-refractivity contribution < 1.29 is 27.1 Å². The second kappa shape index (κ2) is 11.8. The van der Waals surface area contributed by atoms with Crippen LogP contribution < -0.4 is 10.0 Å². The van der Waals surface area contributed by atoms with E-state index in [4.69, 9.17) is 5.11 Å². The molecule has 0 spiro atoms. The van der Waals surface area contributed by atoms with Crippen molar-refractivity contribution in [3.63, 3.8) is 0 Å². The van der Waals surface area contributed by atoms with E-state index in [0.717, 1.165) is 12.1 Å². The van der Waals surface area contributed by atoms with Gasteiger partial charge in [-0.3, -0.25) is 14.7 Å². The molecule has 1 amide bonds. The molecule has 3 aromatic heterocycles. The Bertz CT molecular complexity index is 1750. The van der Waals surface area contributed by atoms with Gasteiger partial charge in [0.15, 0.2) is 0 Å². The molecule has 0 aliphatic heterocycles. The highest BCUT2D eigenvalue weighted by Crippen LogP contribution is 2.24. The first kappa shape index (κ1) is 28.1. The Labute approximate surface area is 228 Å². The van der Waals surface area contributed by atoms with Gasteiger partial charge >= 0.3 is 6.09 Å². The Morgan fingerprint density at radius 2 is 1.82 bits per heavy atom. The molecule has 3 heterocycles. The first-order valence-electron chi connectivity index (χ1n) is 11.8. The van der Waals surface area contributed by atoms with Crippen LogP contribution in [0.2, 0.25) is 0 Å². The number of hydrogen-bond acceptors (Lipinski definition) is 7. The summed E-state index contributed by atoms with van der Waals surface area (Å²) in [5.74, 6) is 3.88. The molecule has 204 valence electrons. The van der Waals surface area contributed by atoms with Crippen molar-refractivity contribution in [3.8, 4) is 23.1 Å². The van der Waals surface area contributed by atoms with Crippen LogP contribution in [0.25, 0.3) is 11.3 Å². The van der Waals surface area contributed by atoms with Crippen LogP contribution in [0, 0.1) is 30.4 Å². The third-order valence-corrected chi connectivity index (χ3v) is 7.02. The average Bonchev–Trinajstić information content (AvgIpc) is 2.92. The number of amides is 1. The lowest BCUT2D eigenvalue weighted by Gasteiger charge is -2.11. The molecule has 0 fully saturated rings. The highest BCUT2D eigenvalue weighted by Gasteiger charge is 2.21. The normalized spacial score (nSPS) is 10.9. The number of anilines is 1. The van der Waals surface area contributed by atoms with Gasteiger partial charge in [0, 0.05) is 29.6 Å². The molecule has 0 unspecified atom stereocenters. The zero-order valence-electron chi connectivity index (χ0n) is 21.2. The molecule has 0 saturated carbocycles. The van der Waals surface area contributed by atoms with E-state index in [1.807, 2.05) is 6.92 Å². The van der Waals surface area contributed by atoms with E-state index in [-0.39, 0.29) is 12.2 Å². The monoisotopic (exact) mass is 564 g/mol. The number of benzene rings is 1. The minimum Gasteiger partial charge on any atom is -0.465 e. The summed E-state index contributed by atoms with van der Waals surface area (Å²) in [6.45, 7) is 3.52. The van der Waals surface area contributed by atoms with E-state index < -0.39 is 32.6 Å². The van der Waals surface area contributed by atoms with Gasteiger partial charge in [-0.05, 0) is 43.7 Å². The van der Waals surface area contributed by atoms with Crippen molar-refractivity contribution in [2.75, 3.05) is 4.72 Å². The Kier molecular flexibility index (Phi) is 8.30.